The van der Waals surface area contributed by atoms with Crippen LogP contribution in [0.3, 0.4) is 0 Å². The molecule has 0 saturated heterocycles. The van der Waals surface area contributed by atoms with E-state index in [-0.39, 0.29) is 28.1 Å². The smallest absolute Gasteiger partial charge is 0.298 e. The van der Waals surface area contributed by atoms with E-state index in [0.29, 0.717) is 12.0 Å². The molecule has 6 nitrogen and oxygen atoms in total. The first-order valence-electron chi connectivity index (χ1n) is 8.83. The number of sulfonamides is 1. The summed E-state index contributed by atoms with van der Waals surface area (Å²) in [5, 5.41) is 3.76. The molecule has 1 N–H and O–H groups in total. The van der Waals surface area contributed by atoms with E-state index in [2.05, 4.69) is 5.16 Å². The molecule has 0 bridgehead atoms. The third kappa shape index (κ3) is 4.34. The molecule has 1 heterocycles. The van der Waals surface area contributed by atoms with E-state index in [1.165, 1.54) is 24.3 Å². The van der Waals surface area contributed by atoms with E-state index >= 15 is 0 Å². The van der Waals surface area contributed by atoms with Crippen LogP contribution in [0.1, 0.15) is 32.0 Å². The average Bonchev–Trinajstić information content (AvgIpc) is 3.14. The van der Waals surface area contributed by atoms with Gasteiger partial charge < -0.3 is 4.52 Å². The van der Waals surface area contributed by atoms with Gasteiger partial charge >= 0.3 is 0 Å². The maximum absolute atomic E-state index is 13.6. The summed E-state index contributed by atoms with van der Waals surface area (Å²) in [5.41, 5.74) is 0.415. The topological polar surface area (TPSA) is 89.3 Å². The Balaban J connectivity index is 2.21. The van der Waals surface area contributed by atoms with Crippen LogP contribution in [-0.2, 0) is 14.8 Å². The quantitative estimate of drug-likeness (QED) is 0.606. The van der Waals surface area contributed by atoms with Crippen LogP contribution in [0.25, 0.3) is 22.4 Å². The lowest BCUT2D eigenvalue weighted by Crippen LogP contribution is -2.30. The fourth-order valence-electron chi connectivity index (χ4n) is 2.90. The second-order valence-electron chi connectivity index (χ2n) is 6.21. The molecule has 3 rings (SSSR count). The molecule has 1 amide bonds. The highest BCUT2D eigenvalue weighted by atomic mass is 32.2. The van der Waals surface area contributed by atoms with Crippen LogP contribution in [0.15, 0.2) is 64.0 Å². The number of alkyl halides is 2. The summed E-state index contributed by atoms with van der Waals surface area (Å²) >= 11 is 0. The maximum Gasteiger partial charge on any atom is 0.298 e. The lowest BCUT2D eigenvalue weighted by Gasteiger charge is -2.12. The highest BCUT2D eigenvalue weighted by Crippen LogP contribution is 2.41. The standard InChI is InChI=1S/C20H18F2N2O4S/c1-2-8-16(25)24-29(26,27)15-12-7-6-11-14(15)17-18(13-9-4-3-5-10-13)23-28-19(17)20(21)22/h3-7,9-12,20H,2,8H2,1H3,(H,24,25). The van der Waals surface area contributed by atoms with E-state index in [0.717, 1.165) is 0 Å². The molecule has 1 aromatic heterocycles. The number of benzene rings is 2. The van der Waals surface area contributed by atoms with Crippen LogP contribution in [-0.4, -0.2) is 19.5 Å². The Kier molecular flexibility index (Phi) is 6.07. The number of nitrogens with zero attached hydrogens (tertiary/aromatic N) is 1. The number of amides is 1. The zero-order chi connectivity index (χ0) is 21.0. The van der Waals surface area contributed by atoms with Gasteiger partial charge in [0.15, 0.2) is 0 Å². The fourth-order valence-corrected chi connectivity index (χ4v) is 4.12. The summed E-state index contributed by atoms with van der Waals surface area (Å²) in [6, 6.07) is 14.0. The number of halogens is 2. The monoisotopic (exact) mass is 420 g/mol. The zero-order valence-electron chi connectivity index (χ0n) is 15.4. The van der Waals surface area contributed by atoms with Gasteiger partial charge in [-0.05, 0) is 12.5 Å². The average molecular weight is 420 g/mol. The summed E-state index contributed by atoms with van der Waals surface area (Å²) in [5.74, 6) is -1.42. The number of aromatic nitrogens is 1. The van der Waals surface area contributed by atoms with E-state index in [1.807, 2.05) is 4.72 Å². The Morgan fingerprint density at radius 1 is 1.10 bits per heavy atom. The van der Waals surface area contributed by atoms with Gasteiger partial charge in [0.05, 0.1) is 10.5 Å². The van der Waals surface area contributed by atoms with Crippen LogP contribution in [0, 0.1) is 0 Å². The third-order valence-electron chi connectivity index (χ3n) is 4.14. The second kappa shape index (κ2) is 8.52. The lowest BCUT2D eigenvalue weighted by atomic mass is 9.99. The van der Waals surface area contributed by atoms with Crippen molar-refractivity contribution in [2.45, 2.75) is 31.1 Å². The van der Waals surface area contributed by atoms with Crippen LogP contribution < -0.4 is 4.72 Å². The lowest BCUT2D eigenvalue weighted by molar-refractivity contribution is -0.119. The molecule has 0 radical (unpaired) electrons. The first kappa shape index (κ1) is 20.7. The molecule has 9 heteroatoms. The van der Waals surface area contributed by atoms with Gasteiger partial charge in [-0.1, -0.05) is 60.6 Å². The maximum atomic E-state index is 13.6. The minimum atomic E-state index is -4.29. The van der Waals surface area contributed by atoms with Crippen molar-refractivity contribution < 1.29 is 26.5 Å². The van der Waals surface area contributed by atoms with Crippen LogP contribution >= 0.6 is 0 Å². The van der Waals surface area contributed by atoms with Gasteiger partial charge in [0.25, 0.3) is 16.4 Å². The van der Waals surface area contributed by atoms with Crippen molar-refractivity contribution >= 4 is 15.9 Å². The molecule has 0 aliphatic carbocycles. The molecular weight excluding hydrogens is 402 g/mol. The molecular formula is C20H18F2N2O4S. The Morgan fingerprint density at radius 3 is 2.41 bits per heavy atom. The fraction of sp³-hybridized carbons (Fsp3) is 0.200. The number of hydrogen-bond donors (Lipinski definition) is 1. The van der Waals surface area contributed by atoms with Gasteiger partial charge in [-0.3, -0.25) is 4.79 Å². The first-order valence-corrected chi connectivity index (χ1v) is 10.3. The first-order chi connectivity index (χ1) is 13.8. The predicted octanol–water partition coefficient (Wildman–Crippen LogP) is 4.55. The van der Waals surface area contributed by atoms with E-state index in [9.17, 15) is 22.0 Å². The van der Waals surface area contributed by atoms with E-state index in [1.54, 1.807) is 37.3 Å². The largest absolute Gasteiger partial charge is 0.354 e. The third-order valence-corrected chi connectivity index (χ3v) is 5.57. The van der Waals surface area contributed by atoms with Crippen LogP contribution in [0.2, 0.25) is 0 Å². The predicted molar refractivity (Wildman–Crippen MR) is 103 cm³/mol. The Labute approximate surface area is 166 Å². The summed E-state index contributed by atoms with van der Waals surface area (Å²) in [4.78, 5) is 11.5. The van der Waals surface area contributed by atoms with Crippen molar-refractivity contribution in [3.8, 4) is 22.4 Å². The summed E-state index contributed by atoms with van der Waals surface area (Å²) in [6.45, 7) is 1.73. The molecule has 0 spiro atoms. The van der Waals surface area contributed by atoms with Gasteiger partial charge in [0, 0.05) is 17.5 Å². The molecule has 2 aromatic carbocycles. The van der Waals surface area contributed by atoms with Gasteiger partial charge in [-0.15, -0.1) is 0 Å². The Morgan fingerprint density at radius 2 is 1.76 bits per heavy atom. The van der Waals surface area contributed by atoms with Crippen molar-refractivity contribution in [2.24, 2.45) is 0 Å². The van der Waals surface area contributed by atoms with Crippen LogP contribution in [0.4, 0.5) is 8.78 Å². The molecule has 0 atom stereocenters. The Hall–Kier alpha value is -3.07. The van der Waals surface area contributed by atoms with E-state index in [4.69, 9.17) is 4.52 Å². The molecule has 0 aliphatic rings. The van der Waals surface area contributed by atoms with Gasteiger partial charge in [-0.2, -0.15) is 0 Å². The molecule has 3 aromatic rings. The van der Waals surface area contributed by atoms with Crippen molar-refractivity contribution in [2.75, 3.05) is 0 Å². The summed E-state index contributed by atoms with van der Waals surface area (Å²) in [6.07, 6.45) is -2.53. The number of hydrogen-bond acceptors (Lipinski definition) is 5. The van der Waals surface area contributed by atoms with E-state index < -0.39 is 28.1 Å². The molecule has 0 aliphatic heterocycles. The number of nitrogens with one attached hydrogen (secondary N) is 1. The number of carbonyl (C=O) groups is 1. The van der Waals surface area contributed by atoms with Gasteiger partial charge in [0.1, 0.15) is 5.69 Å². The molecule has 152 valence electrons. The van der Waals surface area contributed by atoms with Crippen molar-refractivity contribution in [3.05, 3.63) is 60.4 Å². The summed E-state index contributed by atoms with van der Waals surface area (Å²) < 4.78 is 59.7. The zero-order valence-corrected chi connectivity index (χ0v) is 16.2. The second-order valence-corrected chi connectivity index (χ2v) is 7.86. The highest BCUT2D eigenvalue weighted by molar-refractivity contribution is 7.90. The Bertz CT molecular complexity index is 1110. The molecule has 29 heavy (non-hydrogen) atoms. The van der Waals surface area contributed by atoms with Crippen molar-refractivity contribution in [1.82, 2.24) is 9.88 Å². The normalized spacial score (nSPS) is 11.6. The minimum Gasteiger partial charge on any atom is -0.354 e. The van der Waals surface area contributed by atoms with Crippen molar-refractivity contribution in [1.29, 1.82) is 0 Å². The van der Waals surface area contributed by atoms with Gasteiger partial charge in [-0.25, -0.2) is 21.9 Å². The SMILES string of the molecule is CCCC(=O)NS(=O)(=O)c1ccccc1-c1c(-c2ccccc2)noc1C(F)F. The van der Waals surface area contributed by atoms with Crippen LogP contribution in [0.5, 0.6) is 0 Å². The van der Waals surface area contributed by atoms with Gasteiger partial charge in [0.2, 0.25) is 11.7 Å². The van der Waals surface area contributed by atoms with Crippen molar-refractivity contribution in [3.63, 3.8) is 0 Å². The number of carbonyl (C=O) groups excluding carboxylic acids is 1. The molecule has 0 saturated carbocycles. The minimum absolute atomic E-state index is 0.0201. The summed E-state index contributed by atoms with van der Waals surface area (Å²) in [7, 11) is -4.29. The number of rotatable bonds is 7. The molecule has 0 unspecified atom stereocenters. The molecule has 0 fully saturated rings. The highest BCUT2D eigenvalue weighted by Gasteiger charge is 2.30.